The molecule has 0 aliphatic rings. The minimum absolute atomic E-state index is 0.0213. The molecule has 42 heavy (non-hydrogen) atoms. The summed E-state index contributed by atoms with van der Waals surface area (Å²) in [6.45, 7) is 4.53. The van der Waals surface area contributed by atoms with E-state index in [-0.39, 0.29) is 37.7 Å². The van der Waals surface area contributed by atoms with Gasteiger partial charge in [-0.05, 0) is 49.1 Å². The van der Waals surface area contributed by atoms with Gasteiger partial charge in [-0.15, -0.1) is 0 Å². The van der Waals surface area contributed by atoms with Gasteiger partial charge < -0.3 is 10.2 Å². The van der Waals surface area contributed by atoms with Crippen LogP contribution in [0.2, 0.25) is 10.0 Å². The lowest BCUT2D eigenvalue weighted by molar-refractivity contribution is -0.141. The maximum atomic E-state index is 14.0. The van der Waals surface area contributed by atoms with E-state index in [0.717, 1.165) is 30.2 Å². The van der Waals surface area contributed by atoms with Crippen LogP contribution in [0.3, 0.4) is 0 Å². The zero-order valence-corrected chi connectivity index (χ0v) is 26.7. The maximum Gasteiger partial charge on any atom is 0.243 e. The number of halogens is 2. The second kappa shape index (κ2) is 16.0. The molecular weight excluding hydrogens is 593 g/mol. The molecule has 226 valence electrons. The number of nitrogens with one attached hydrogen (secondary N) is 1. The number of sulfonamides is 1. The first-order valence-corrected chi connectivity index (χ1v) is 16.7. The Bertz CT molecular complexity index is 1430. The molecule has 10 heteroatoms. The predicted molar refractivity (Wildman–Crippen MR) is 171 cm³/mol. The van der Waals surface area contributed by atoms with Gasteiger partial charge in [0.05, 0.1) is 11.9 Å². The Hall–Kier alpha value is -3.07. The quantitative estimate of drug-likeness (QED) is 0.197. The van der Waals surface area contributed by atoms with E-state index in [1.165, 1.54) is 9.21 Å². The summed E-state index contributed by atoms with van der Waals surface area (Å²) in [5, 5.41) is 3.78. The van der Waals surface area contributed by atoms with Crippen molar-refractivity contribution in [1.29, 1.82) is 0 Å². The molecule has 0 unspecified atom stereocenters. The van der Waals surface area contributed by atoms with Crippen LogP contribution >= 0.6 is 23.2 Å². The van der Waals surface area contributed by atoms with Crippen LogP contribution in [-0.4, -0.2) is 50.5 Å². The molecule has 0 saturated carbocycles. The fourth-order valence-corrected chi connectivity index (χ4v) is 6.28. The van der Waals surface area contributed by atoms with Crippen LogP contribution in [0, 0.1) is 6.92 Å². The van der Waals surface area contributed by atoms with Crippen LogP contribution in [-0.2, 0) is 32.6 Å². The fourth-order valence-electron chi connectivity index (χ4n) is 4.74. The van der Waals surface area contributed by atoms with Crippen LogP contribution in [0.1, 0.15) is 49.3 Å². The number of rotatable bonds is 15. The van der Waals surface area contributed by atoms with Gasteiger partial charge in [0.1, 0.15) is 6.04 Å². The zero-order chi connectivity index (χ0) is 30.7. The van der Waals surface area contributed by atoms with E-state index in [9.17, 15) is 18.0 Å². The number of hydrogen-bond donors (Lipinski definition) is 1. The smallest absolute Gasteiger partial charge is 0.243 e. The van der Waals surface area contributed by atoms with Crippen LogP contribution in [0.4, 0.5) is 5.69 Å². The molecular formula is C32H39Cl2N3O4S. The summed E-state index contributed by atoms with van der Waals surface area (Å²) in [5.41, 5.74) is 2.84. The molecule has 3 aromatic carbocycles. The summed E-state index contributed by atoms with van der Waals surface area (Å²) in [6, 6.07) is 21.0. The summed E-state index contributed by atoms with van der Waals surface area (Å²) in [4.78, 5) is 29.1. The molecule has 1 N–H and O–H groups in total. The van der Waals surface area contributed by atoms with Crippen molar-refractivity contribution in [2.45, 2.75) is 58.5 Å². The van der Waals surface area contributed by atoms with Crippen LogP contribution < -0.4 is 9.62 Å². The number of carbonyl (C=O) groups is 2. The van der Waals surface area contributed by atoms with Crippen molar-refractivity contribution in [1.82, 2.24) is 10.2 Å². The number of carbonyl (C=O) groups excluding carboxylic acids is 2. The van der Waals surface area contributed by atoms with Gasteiger partial charge in [-0.1, -0.05) is 91.1 Å². The Morgan fingerprint density at radius 1 is 0.905 bits per heavy atom. The molecule has 1 atom stereocenters. The molecule has 0 saturated heterocycles. The summed E-state index contributed by atoms with van der Waals surface area (Å²) in [5.74, 6) is -0.558. The standard InChI is InChI=1S/C32H39Cl2N3O4S/c1-4-5-20-35-32(39)30(22-25-14-7-6-8-15-25)36(23-26-27(33)16-11-17-28(26)34)31(38)19-12-21-37(42(3,40)41)29-18-10-9-13-24(29)2/h6-11,13-18,30H,4-5,12,19-23H2,1-3H3,(H,35,39)/t30-/m1/s1. The highest BCUT2D eigenvalue weighted by molar-refractivity contribution is 7.92. The molecule has 0 aromatic heterocycles. The molecule has 0 aliphatic carbocycles. The van der Waals surface area contributed by atoms with Crippen LogP contribution in [0.15, 0.2) is 72.8 Å². The van der Waals surface area contributed by atoms with Gasteiger partial charge >= 0.3 is 0 Å². The lowest BCUT2D eigenvalue weighted by Crippen LogP contribution is -2.50. The second-order valence-corrected chi connectivity index (χ2v) is 13.0. The number of para-hydroxylation sites is 1. The summed E-state index contributed by atoms with van der Waals surface area (Å²) in [6.07, 6.45) is 3.46. The molecule has 0 heterocycles. The van der Waals surface area contributed by atoms with Gasteiger partial charge in [-0.3, -0.25) is 13.9 Å². The van der Waals surface area contributed by atoms with E-state index in [1.54, 1.807) is 30.3 Å². The third kappa shape index (κ3) is 9.48. The average molecular weight is 633 g/mol. The van der Waals surface area contributed by atoms with Crippen LogP contribution in [0.25, 0.3) is 0 Å². The molecule has 0 aliphatic heterocycles. The Balaban J connectivity index is 1.92. The maximum absolute atomic E-state index is 14.0. The van der Waals surface area contributed by atoms with E-state index in [0.29, 0.717) is 34.3 Å². The Kier molecular flexibility index (Phi) is 12.7. The number of unbranched alkanes of at least 4 members (excludes halogenated alkanes) is 1. The first-order chi connectivity index (χ1) is 20.0. The molecule has 2 amide bonds. The third-order valence-electron chi connectivity index (χ3n) is 7.03. The summed E-state index contributed by atoms with van der Waals surface area (Å²) >= 11 is 13.0. The largest absolute Gasteiger partial charge is 0.354 e. The van der Waals surface area contributed by atoms with Crippen molar-refractivity contribution >= 4 is 50.7 Å². The number of amides is 2. The molecule has 0 bridgehead atoms. The third-order valence-corrected chi connectivity index (χ3v) is 8.92. The second-order valence-electron chi connectivity index (χ2n) is 10.3. The van der Waals surface area contributed by atoms with Crippen molar-refractivity contribution < 1.29 is 18.0 Å². The van der Waals surface area contributed by atoms with Crippen molar-refractivity contribution in [2.24, 2.45) is 0 Å². The normalized spacial score (nSPS) is 12.0. The van der Waals surface area contributed by atoms with E-state index in [1.807, 2.05) is 56.3 Å². The highest BCUT2D eigenvalue weighted by Gasteiger charge is 2.31. The summed E-state index contributed by atoms with van der Waals surface area (Å²) < 4.78 is 26.7. The average Bonchev–Trinajstić information content (AvgIpc) is 2.95. The van der Waals surface area contributed by atoms with E-state index in [4.69, 9.17) is 23.2 Å². The number of anilines is 1. The Morgan fingerprint density at radius 2 is 1.55 bits per heavy atom. The molecule has 3 rings (SSSR count). The number of nitrogens with zero attached hydrogens (tertiary/aromatic N) is 2. The number of benzene rings is 3. The number of aryl methyl sites for hydroxylation is 1. The minimum Gasteiger partial charge on any atom is -0.354 e. The topological polar surface area (TPSA) is 86.8 Å². The summed E-state index contributed by atoms with van der Waals surface area (Å²) in [7, 11) is -3.59. The first-order valence-electron chi connectivity index (χ1n) is 14.1. The molecule has 0 fully saturated rings. The Morgan fingerprint density at radius 3 is 2.17 bits per heavy atom. The minimum atomic E-state index is -3.59. The van der Waals surface area contributed by atoms with E-state index in [2.05, 4.69) is 5.32 Å². The first kappa shape index (κ1) is 33.4. The van der Waals surface area contributed by atoms with Crippen molar-refractivity contribution in [3.63, 3.8) is 0 Å². The predicted octanol–water partition coefficient (Wildman–Crippen LogP) is 6.40. The molecule has 7 nitrogen and oxygen atoms in total. The molecule has 3 aromatic rings. The van der Waals surface area contributed by atoms with Crippen LogP contribution in [0.5, 0.6) is 0 Å². The fraction of sp³-hybridized carbons (Fsp3) is 0.375. The number of hydrogen-bond acceptors (Lipinski definition) is 4. The Labute approximate surface area is 259 Å². The SMILES string of the molecule is CCCCNC(=O)[C@@H](Cc1ccccc1)N(Cc1c(Cl)cccc1Cl)C(=O)CCCN(c1ccccc1C)S(C)(=O)=O. The van der Waals surface area contributed by atoms with Gasteiger partial charge in [0.25, 0.3) is 0 Å². The highest BCUT2D eigenvalue weighted by Crippen LogP contribution is 2.28. The van der Waals surface area contributed by atoms with Gasteiger partial charge in [0, 0.05) is 48.1 Å². The lowest BCUT2D eigenvalue weighted by atomic mass is 10.0. The lowest BCUT2D eigenvalue weighted by Gasteiger charge is -2.32. The van der Waals surface area contributed by atoms with Gasteiger partial charge in [0.15, 0.2) is 0 Å². The molecule has 0 radical (unpaired) electrons. The zero-order valence-electron chi connectivity index (χ0n) is 24.4. The van der Waals surface area contributed by atoms with Crippen molar-refractivity contribution in [2.75, 3.05) is 23.7 Å². The van der Waals surface area contributed by atoms with E-state index >= 15 is 0 Å². The van der Waals surface area contributed by atoms with Crippen molar-refractivity contribution in [3.8, 4) is 0 Å². The van der Waals surface area contributed by atoms with Gasteiger partial charge in [0.2, 0.25) is 21.8 Å². The van der Waals surface area contributed by atoms with Gasteiger partial charge in [-0.25, -0.2) is 8.42 Å². The van der Waals surface area contributed by atoms with Gasteiger partial charge in [-0.2, -0.15) is 0 Å². The van der Waals surface area contributed by atoms with E-state index < -0.39 is 16.1 Å². The monoisotopic (exact) mass is 631 g/mol. The van der Waals surface area contributed by atoms with Crippen molar-refractivity contribution in [3.05, 3.63) is 99.5 Å². The molecule has 0 spiro atoms. The highest BCUT2D eigenvalue weighted by atomic mass is 35.5.